The van der Waals surface area contributed by atoms with Crippen LogP contribution in [0.4, 0.5) is 11.4 Å². The second kappa shape index (κ2) is 4.78. The number of anilines is 1. The zero-order valence-electron chi connectivity index (χ0n) is 10.3. The van der Waals surface area contributed by atoms with Crippen LogP contribution in [0.3, 0.4) is 0 Å². The first-order valence-electron chi connectivity index (χ1n) is 5.58. The summed E-state index contributed by atoms with van der Waals surface area (Å²) < 4.78 is 0. The van der Waals surface area contributed by atoms with Crippen molar-refractivity contribution in [3.05, 3.63) is 57.6 Å². The molecule has 2 rings (SSSR count). The number of rotatable bonds is 2. The molecule has 0 saturated heterocycles. The molecule has 0 bridgehead atoms. The fourth-order valence-electron chi connectivity index (χ4n) is 1.98. The molecule has 0 aliphatic carbocycles. The molecule has 0 heterocycles. The summed E-state index contributed by atoms with van der Waals surface area (Å²) in [5.41, 5.74) is 8.76. The fourth-order valence-corrected chi connectivity index (χ4v) is 1.98. The molecular formula is C14H11N3O2. The molecule has 2 N–H and O–H groups in total. The smallest absolute Gasteiger partial charge is 0.270 e. The lowest BCUT2D eigenvalue weighted by Gasteiger charge is -2.09. The lowest BCUT2D eigenvalue weighted by molar-refractivity contribution is -0.384. The monoisotopic (exact) mass is 253 g/mol. The number of nitrogens with two attached hydrogens (primary N) is 1. The molecule has 19 heavy (non-hydrogen) atoms. The van der Waals surface area contributed by atoms with Gasteiger partial charge in [0, 0.05) is 17.8 Å². The van der Waals surface area contributed by atoms with E-state index in [0.29, 0.717) is 16.8 Å². The van der Waals surface area contributed by atoms with Crippen LogP contribution in [0.25, 0.3) is 11.1 Å². The Bertz CT molecular complexity index is 702. The Morgan fingerprint density at radius 3 is 2.68 bits per heavy atom. The first kappa shape index (κ1) is 12.6. The topological polar surface area (TPSA) is 92.9 Å². The molecule has 5 heteroatoms. The summed E-state index contributed by atoms with van der Waals surface area (Å²) in [5, 5.41) is 19.9. The second-order valence-corrected chi connectivity index (χ2v) is 4.12. The van der Waals surface area contributed by atoms with Crippen LogP contribution >= 0.6 is 0 Å². The lowest BCUT2D eigenvalue weighted by atomic mass is 9.95. The van der Waals surface area contributed by atoms with Crippen molar-refractivity contribution in [3.63, 3.8) is 0 Å². The van der Waals surface area contributed by atoms with E-state index < -0.39 is 4.92 Å². The number of non-ortho nitro benzene ring substituents is 1. The molecule has 0 amide bonds. The van der Waals surface area contributed by atoms with Crippen molar-refractivity contribution < 1.29 is 4.92 Å². The van der Waals surface area contributed by atoms with Crippen molar-refractivity contribution in [2.45, 2.75) is 6.92 Å². The summed E-state index contributed by atoms with van der Waals surface area (Å²) in [6.45, 7) is 1.78. The predicted octanol–water partition coefficient (Wildman–Crippen LogP) is 3.02. The summed E-state index contributed by atoms with van der Waals surface area (Å²) in [7, 11) is 0. The highest BCUT2D eigenvalue weighted by atomic mass is 16.6. The van der Waals surface area contributed by atoms with Gasteiger partial charge < -0.3 is 5.73 Å². The number of benzene rings is 2. The van der Waals surface area contributed by atoms with Crippen LogP contribution in [0.15, 0.2) is 36.4 Å². The van der Waals surface area contributed by atoms with Crippen LogP contribution in [-0.4, -0.2) is 4.92 Å². The quantitative estimate of drug-likeness (QED) is 0.505. The average molecular weight is 253 g/mol. The SMILES string of the molecule is Cc1c(-c2cccc([N+](=O)[O-])c2)ccc(N)c1C#N. The second-order valence-electron chi connectivity index (χ2n) is 4.12. The molecule has 0 aliphatic heterocycles. The largest absolute Gasteiger partial charge is 0.398 e. The zero-order chi connectivity index (χ0) is 14.0. The average Bonchev–Trinajstić information content (AvgIpc) is 2.39. The van der Waals surface area contributed by atoms with Crippen LogP contribution in [0.5, 0.6) is 0 Å². The minimum Gasteiger partial charge on any atom is -0.398 e. The Labute approximate surface area is 110 Å². The van der Waals surface area contributed by atoms with Gasteiger partial charge >= 0.3 is 0 Å². The standard InChI is InChI=1S/C14H11N3O2/c1-9-12(5-6-14(16)13(9)8-15)10-3-2-4-11(7-10)17(18)19/h2-7H,16H2,1H3. The summed E-state index contributed by atoms with van der Waals surface area (Å²) >= 11 is 0. The van der Waals surface area contributed by atoms with Crippen LogP contribution in [0.1, 0.15) is 11.1 Å². The zero-order valence-corrected chi connectivity index (χ0v) is 10.3. The lowest BCUT2D eigenvalue weighted by Crippen LogP contribution is -1.96. The van der Waals surface area contributed by atoms with E-state index in [1.54, 1.807) is 31.2 Å². The Balaban J connectivity index is 2.63. The number of nitro benzene ring substituents is 1. The molecule has 0 spiro atoms. The van der Waals surface area contributed by atoms with Gasteiger partial charge in [0.2, 0.25) is 0 Å². The summed E-state index contributed by atoms with van der Waals surface area (Å²) in [4.78, 5) is 10.3. The molecule has 0 saturated carbocycles. The molecule has 0 unspecified atom stereocenters. The van der Waals surface area contributed by atoms with Gasteiger partial charge in [0.05, 0.1) is 10.5 Å². The number of nitrogen functional groups attached to an aromatic ring is 1. The maximum Gasteiger partial charge on any atom is 0.270 e. The highest BCUT2D eigenvalue weighted by molar-refractivity contribution is 5.75. The third-order valence-corrected chi connectivity index (χ3v) is 2.98. The summed E-state index contributed by atoms with van der Waals surface area (Å²) in [5.74, 6) is 0. The number of hydrogen-bond donors (Lipinski definition) is 1. The molecule has 0 fully saturated rings. The van der Waals surface area contributed by atoms with E-state index in [1.165, 1.54) is 12.1 Å². The fraction of sp³-hybridized carbons (Fsp3) is 0.0714. The molecular weight excluding hydrogens is 242 g/mol. The van der Waals surface area contributed by atoms with E-state index >= 15 is 0 Å². The number of nitro groups is 1. The van der Waals surface area contributed by atoms with Gasteiger partial charge in [-0.25, -0.2) is 0 Å². The van der Waals surface area contributed by atoms with Gasteiger partial charge in [-0.05, 0) is 29.7 Å². The molecule has 0 radical (unpaired) electrons. The Morgan fingerprint density at radius 1 is 1.32 bits per heavy atom. The van der Waals surface area contributed by atoms with E-state index in [4.69, 9.17) is 11.0 Å². The van der Waals surface area contributed by atoms with Gasteiger partial charge in [-0.2, -0.15) is 5.26 Å². The Morgan fingerprint density at radius 2 is 2.05 bits per heavy atom. The molecule has 5 nitrogen and oxygen atoms in total. The highest BCUT2D eigenvalue weighted by Crippen LogP contribution is 2.30. The van der Waals surface area contributed by atoms with E-state index in [9.17, 15) is 10.1 Å². The summed E-state index contributed by atoms with van der Waals surface area (Å²) in [6, 6.07) is 11.8. The van der Waals surface area contributed by atoms with Crippen molar-refractivity contribution in [1.82, 2.24) is 0 Å². The predicted molar refractivity (Wildman–Crippen MR) is 72.4 cm³/mol. The van der Waals surface area contributed by atoms with Gasteiger partial charge in [-0.1, -0.05) is 18.2 Å². The molecule has 0 aliphatic rings. The minimum atomic E-state index is -0.443. The van der Waals surface area contributed by atoms with Crippen LogP contribution in [-0.2, 0) is 0 Å². The number of nitriles is 1. The maximum atomic E-state index is 10.8. The Hall–Kier alpha value is -2.87. The van der Waals surface area contributed by atoms with Crippen molar-refractivity contribution in [2.24, 2.45) is 0 Å². The van der Waals surface area contributed by atoms with Crippen molar-refractivity contribution in [2.75, 3.05) is 5.73 Å². The van der Waals surface area contributed by atoms with Crippen molar-refractivity contribution in [3.8, 4) is 17.2 Å². The van der Waals surface area contributed by atoms with E-state index in [2.05, 4.69) is 6.07 Å². The number of hydrogen-bond acceptors (Lipinski definition) is 4. The first-order valence-corrected chi connectivity index (χ1v) is 5.58. The highest BCUT2D eigenvalue weighted by Gasteiger charge is 2.12. The maximum absolute atomic E-state index is 10.8. The normalized spacial score (nSPS) is 9.89. The molecule has 0 aromatic heterocycles. The van der Waals surface area contributed by atoms with Crippen LogP contribution in [0.2, 0.25) is 0 Å². The third kappa shape index (κ3) is 2.24. The molecule has 0 atom stereocenters. The van der Waals surface area contributed by atoms with E-state index in [0.717, 1.165) is 11.1 Å². The molecule has 2 aromatic rings. The summed E-state index contributed by atoms with van der Waals surface area (Å²) in [6.07, 6.45) is 0. The van der Waals surface area contributed by atoms with Crippen LogP contribution in [0, 0.1) is 28.4 Å². The molecule has 94 valence electrons. The van der Waals surface area contributed by atoms with E-state index in [-0.39, 0.29) is 5.69 Å². The molecule has 2 aromatic carbocycles. The van der Waals surface area contributed by atoms with Crippen LogP contribution < -0.4 is 5.73 Å². The van der Waals surface area contributed by atoms with Gasteiger partial charge in [-0.15, -0.1) is 0 Å². The third-order valence-electron chi connectivity index (χ3n) is 2.98. The van der Waals surface area contributed by atoms with Crippen molar-refractivity contribution in [1.29, 1.82) is 5.26 Å². The van der Waals surface area contributed by atoms with Gasteiger partial charge in [0.1, 0.15) is 6.07 Å². The first-order chi connectivity index (χ1) is 9.04. The van der Waals surface area contributed by atoms with E-state index in [1.807, 2.05) is 0 Å². The van der Waals surface area contributed by atoms with Gasteiger partial charge in [-0.3, -0.25) is 10.1 Å². The van der Waals surface area contributed by atoms with Crippen molar-refractivity contribution >= 4 is 11.4 Å². The Kier molecular flexibility index (Phi) is 3.17. The number of nitrogens with zero attached hydrogens (tertiary/aromatic N) is 2. The van der Waals surface area contributed by atoms with Gasteiger partial charge in [0.25, 0.3) is 5.69 Å². The minimum absolute atomic E-state index is 0.0206. The van der Waals surface area contributed by atoms with Gasteiger partial charge in [0.15, 0.2) is 0 Å².